The van der Waals surface area contributed by atoms with E-state index in [1.807, 2.05) is 0 Å². The molecule has 0 atom stereocenters. The van der Waals surface area contributed by atoms with E-state index in [1.165, 1.54) is 30.3 Å². The van der Waals surface area contributed by atoms with Gasteiger partial charge in [0.15, 0.2) is 5.78 Å². The number of benzene rings is 3. The number of sulfonamides is 1. The summed E-state index contributed by atoms with van der Waals surface area (Å²) in [4.78, 5) is 12.6. The van der Waals surface area contributed by atoms with Crippen molar-refractivity contribution in [2.45, 2.75) is 11.3 Å². The van der Waals surface area contributed by atoms with Gasteiger partial charge in [-0.1, -0.05) is 54.6 Å². The molecule has 27 heavy (non-hydrogen) atoms. The second-order valence-electron chi connectivity index (χ2n) is 6.00. The van der Waals surface area contributed by atoms with E-state index >= 15 is 0 Å². The monoisotopic (exact) mass is 383 g/mol. The van der Waals surface area contributed by atoms with Crippen LogP contribution in [0.5, 0.6) is 0 Å². The molecule has 0 saturated carbocycles. The average molecular weight is 383 g/mol. The van der Waals surface area contributed by atoms with Crippen LogP contribution in [0, 0.1) is 5.82 Å². The third-order valence-corrected chi connectivity index (χ3v) is 5.54. The van der Waals surface area contributed by atoms with Crippen molar-refractivity contribution in [1.29, 1.82) is 0 Å². The summed E-state index contributed by atoms with van der Waals surface area (Å²) in [6, 6.07) is 20.6. The summed E-state index contributed by atoms with van der Waals surface area (Å²) in [7, 11) is -3.53. The second kappa shape index (κ2) is 8.24. The standard InChI is InChI=1S/C21H18FNO3S/c22-19-6-4-5-18(15-19)21(24)17-11-9-16(10-12-17)13-14-23-27(25,26)20-7-2-1-3-8-20/h1-12,15,23H,13-14H2. The van der Waals surface area contributed by atoms with Crippen LogP contribution < -0.4 is 4.72 Å². The number of halogens is 1. The number of carbonyl (C=O) groups excluding carboxylic acids is 1. The highest BCUT2D eigenvalue weighted by molar-refractivity contribution is 7.89. The SMILES string of the molecule is O=C(c1ccc(CCNS(=O)(=O)c2ccccc2)cc1)c1cccc(F)c1. The number of ketones is 1. The Hall–Kier alpha value is -2.83. The van der Waals surface area contributed by atoms with Gasteiger partial charge in [0.25, 0.3) is 0 Å². The number of hydrogen-bond donors (Lipinski definition) is 1. The lowest BCUT2D eigenvalue weighted by molar-refractivity contribution is 0.103. The van der Waals surface area contributed by atoms with Gasteiger partial charge in [0.2, 0.25) is 10.0 Å². The number of carbonyl (C=O) groups is 1. The van der Waals surface area contributed by atoms with Gasteiger partial charge >= 0.3 is 0 Å². The molecule has 0 heterocycles. The molecular weight excluding hydrogens is 365 g/mol. The lowest BCUT2D eigenvalue weighted by Gasteiger charge is -2.07. The quantitative estimate of drug-likeness (QED) is 0.635. The van der Waals surface area contributed by atoms with Crippen molar-refractivity contribution >= 4 is 15.8 Å². The summed E-state index contributed by atoms with van der Waals surface area (Å²) in [5.41, 5.74) is 1.63. The van der Waals surface area contributed by atoms with Crippen LogP contribution in [0.2, 0.25) is 0 Å². The predicted molar refractivity (Wildman–Crippen MR) is 102 cm³/mol. The van der Waals surface area contributed by atoms with Gasteiger partial charge in [-0.25, -0.2) is 17.5 Å². The largest absolute Gasteiger partial charge is 0.289 e. The lowest BCUT2D eigenvalue weighted by atomic mass is 10.0. The van der Waals surface area contributed by atoms with E-state index in [0.29, 0.717) is 17.5 Å². The van der Waals surface area contributed by atoms with E-state index in [-0.39, 0.29) is 17.2 Å². The molecule has 0 aliphatic carbocycles. The molecule has 0 aliphatic heterocycles. The van der Waals surface area contributed by atoms with Gasteiger partial charge < -0.3 is 0 Å². The molecule has 6 heteroatoms. The van der Waals surface area contributed by atoms with Crippen LogP contribution in [-0.4, -0.2) is 20.7 Å². The van der Waals surface area contributed by atoms with E-state index in [9.17, 15) is 17.6 Å². The molecule has 0 saturated heterocycles. The lowest BCUT2D eigenvalue weighted by Crippen LogP contribution is -2.25. The summed E-state index contributed by atoms with van der Waals surface area (Å²) >= 11 is 0. The first-order valence-electron chi connectivity index (χ1n) is 8.40. The maximum atomic E-state index is 13.3. The molecule has 1 N–H and O–H groups in total. The molecule has 0 spiro atoms. The Balaban J connectivity index is 1.60. The van der Waals surface area contributed by atoms with Crippen molar-refractivity contribution in [3.63, 3.8) is 0 Å². The molecule has 0 fully saturated rings. The van der Waals surface area contributed by atoms with Gasteiger partial charge in [0.1, 0.15) is 5.82 Å². The zero-order valence-corrected chi connectivity index (χ0v) is 15.2. The van der Waals surface area contributed by atoms with Gasteiger partial charge in [-0.2, -0.15) is 0 Å². The third-order valence-electron chi connectivity index (χ3n) is 4.06. The molecule has 138 valence electrons. The molecule has 0 aliphatic rings. The van der Waals surface area contributed by atoms with E-state index in [4.69, 9.17) is 0 Å². The smallest absolute Gasteiger partial charge is 0.240 e. The Kier molecular flexibility index (Phi) is 5.78. The average Bonchev–Trinajstić information content (AvgIpc) is 2.68. The molecule has 0 bridgehead atoms. The van der Waals surface area contributed by atoms with Gasteiger partial charge in [-0.15, -0.1) is 0 Å². The van der Waals surface area contributed by atoms with E-state index < -0.39 is 15.8 Å². The second-order valence-corrected chi connectivity index (χ2v) is 7.76. The molecule has 4 nitrogen and oxygen atoms in total. The van der Waals surface area contributed by atoms with Crippen LogP contribution in [0.25, 0.3) is 0 Å². The van der Waals surface area contributed by atoms with Crippen molar-refractivity contribution < 1.29 is 17.6 Å². The van der Waals surface area contributed by atoms with Crippen molar-refractivity contribution in [3.8, 4) is 0 Å². The Morgan fingerprint density at radius 2 is 1.56 bits per heavy atom. The number of rotatable bonds is 7. The summed E-state index contributed by atoms with van der Waals surface area (Å²) in [5, 5.41) is 0. The maximum Gasteiger partial charge on any atom is 0.240 e. The van der Waals surface area contributed by atoms with Crippen LogP contribution in [-0.2, 0) is 16.4 Å². The third kappa shape index (κ3) is 4.87. The normalized spacial score (nSPS) is 11.3. The topological polar surface area (TPSA) is 63.2 Å². The summed E-state index contributed by atoms with van der Waals surface area (Å²) in [6.07, 6.45) is 0.487. The minimum Gasteiger partial charge on any atom is -0.289 e. The zero-order chi connectivity index (χ0) is 19.3. The van der Waals surface area contributed by atoms with E-state index in [2.05, 4.69) is 4.72 Å². The first-order valence-corrected chi connectivity index (χ1v) is 9.88. The molecule has 0 radical (unpaired) electrons. The van der Waals surface area contributed by atoms with E-state index in [1.54, 1.807) is 48.5 Å². The molecule has 0 amide bonds. The van der Waals surface area contributed by atoms with Crippen LogP contribution >= 0.6 is 0 Å². The summed E-state index contributed by atoms with van der Waals surface area (Å²) < 4.78 is 40.1. The van der Waals surface area contributed by atoms with Gasteiger partial charge in [0, 0.05) is 17.7 Å². The van der Waals surface area contributed by atoms with Crippen LogP contribution in [0.1, 0.15) is 21.5 Å². The highest BCUT2D eigenvalue weighted by Gasteiger charge is 2.13. The number of nitrogens with one attached hydrogen (secondary N) is 1. The fourth-order valence-corrected chi connectivity index (χ4v) is 3.68. The van der Waals surface area contributed by atoms with Gasteiger partial charge in [-0.05, 0) is 36.2 Å². The summed E-state index contributed by atoms with van der Waals surface area (Å²) in [6.45, 7) is 0.244. The molecule has 3 aromatic carbocycles. The van der Waals surface area contributed by atoms with E-state index in [0.717, 1.165) is 5.56 Å². The molecule has 3 rings (SSSR count). The predicted octanol–water partition coefficient (Wildman–Crippen LogP) is 3.58. The van der Waals surface area contributed by atoms with Crippen molar-refractivity contribution in [1.82, 2.24) is 4.72 Å². The van der Waals surface area contributed by atoms with Crippen molar-refractivity contribution in [2.24, 2.45) is 0 Å². The van der Waals surface area contributed by atoms with Crippen LogP contribution in [0.4, 0.5) is 4.39 Å². The summed E-state index contributed by atoms with van der Waals surface area (Å²) in [5.74, 6) is -0.714. The Morgan fingerprint density at radius 3 is 2.22 bits per heavy atom. The van der Waals surface area contributed by atoms with Crippen molar-refractivity contribution in [3.05, 3.63) is 101 Å². The molecule has 0 aromatic heterocycles. The maximum absolute atomic E-state index is 13.3. The Morgan fingerprint density at radius 1 is 0.852 bits per heavy atom. The minimum absolute atomic E-state index is 0.223. The molecule has 0 unspecified atom stereocenters. The highest BCUT2D eigenvalue weighted by Crippen LogP contribution is 2.13. The molecule has 3 aromatic rings. The Labute approximate surface area is 157 Å². The Bertz CT molecular complexity index is 1030. The van der Waals surface area contributed by atoms with Gasteiger partial charge in [-0.3, -0.25) is 4.79 Å². The molecular formula is C21H18FNO3S. The first-order chi connectivity index (χ1) is 13.0. The highest BCUT2D eigenvalue weighted by atomic mass is 32.2. The first kappa shape index (κ1) is 18.9. The fourth-order valence-electron chi connectivity index (χ4n) is 2.63. The van der Waals surface area contributed by atoms with Crippen LogP contribution in [0.3, 0.4) is 0 Å². The zero-order valence-electron chi connectivity index (χ0n) is 14.4. The van der Waals surface area contributed by atoms with Gasteiger partial charge in [0.05, 0.1) is 4.90 Å². The number of hydrogen-bond acceptors (Lipinski definition) is 3. The van der Waals surface area contributed by atoms with Crippen LogP contribution in [0.15, 0.2) is 83.8 Å². The minimum atomic E-state index is -3.53. The van der Waals surface area contributed by atoms with Crippen molar-refractivity contribution in [2.75, 3.05) is 6.54 Å². The fraction of sp³-hybridized carbons (Fsp3) is 0.0952.